The Bertz CT molecular complexity index is 624. The second-order valence-electron chi connectivity index (χ2n) is 5.33. The number of primary sulfonamides is 1. The predicted octanol–water partition coefficient (Wildman–Crippen LogP) is 2.11. The minimum Gasteiger partial charge on any atom is -0.492 e. The third-order valence-electron chi connectivity index (χ3n) is 3.31. The maximum absolute atomic E-state index is 12.1. The fourth-order valence-corrected chi connectivity index (χ4v) is 2.24. The van der Waals surface area contributed by atoms with Crippen molar-refractivity contribution in [1.82, 2.24) is 0 Å². The fourth-order valence-electron chi connectivity index (χ4n) is 1.54. The Morgan fingerprint density at radius 1 is 1.33 bits per heavy atom. The summed E-state index contributed by atoms with van der Waals surface area (Å²) >= 11 is 0. The van der Waals surface area contributed by atoms with E-state index in [0.717, 1.165) is 0 Å². The normalized spacial score (nSPS) is 12.0. The molecule has 1 aromatic carbocycles. The largest absolute Gasteiger partial charge is 0.492 e. The Morgan fingerprint density at radius 2 is 1.95 bits per heavy atom. The molecular weight excluding hydrogens is 292 g/mol. The van der Waals surface area contributed by atoms with E-state index >= 15 is 0 Å². The van der Waals surface area contributed by atoms with Gasteiger partial charge in [-0.15, -0.1) is 0 Å². The Morgan fingerprint density at radius 3 is 2.43 bits per heavy atom. The van der Waals surface area contributed by atoms with E-state index in [0.29, 0.717) is 18.7 Å². The number of nitrogens with two attached hydrogens (primary N) is 1. The lowest BCUT2D eigenvalue weighted by atomic mass is 9.89. The molecule has 7 heteroatoms. The van der Waals surface area contributed by atoms with Gasteiger partial charge in [-0.1, -0.05) is 20.8 Å². The summed E-state index contributed by atoms with van der Waals surface area (Å²) in [6, 6.07) is 4.38. The van der Waals surface area contributed by atoms with Crippen LogP contribution in [0.1, 0.15) is 34.1 Å². The average molecular weight is 314 g/mol. The smallest absolute Gasteiger partial charge is 0.241 e. The van der Waals surface area contributed by atoms with E-state index in [1.165, 1.54) is 12.1 Å². The lowest BCUT2D eigenvalue weighted by Gasteiger charge is -2.21. The number of amides is 1. The molecule has 1 amide bonds. The molecule has 118 valence electrons. The summed E-state index contributed by atoms with van der Waals surface area (Å²) in [4.78, 5) is 12.0. The number of rotatable bonds is 6. The Kier molecular flexibility index (Phi) is 5.36. The molecule has 0 aliphatic rings. The van der Waals surface area contributed by atoms with E-state index in [9.17, 15) is 13.2 Å². The maximum Gasteiger partial charge on any atom is 0.241 e. The third-order valence-corrected chi connectivity index (χ3v) is 4.24. The second kappa shape index (κ2) is 6.44. The summed E-state index contributed by atoms with van der Waals surface area (Å²) < 4.78 is 28.4. The zero-order chi connectivity index (χ0) is 16.3. The zero-order valence-electron chi connectivity index (χ0n) is 12.8. The number of carbonyl (C=O) groups is 1. The number of ether oxygens (including phenoxy) is 1. The van der Waals surface area contributed by atoms with Crippen molar-refractivity contribution < 1.29 is 17.9 Å². The van der Waals surface area contributed by atoms with Crippen LogP contribution in [-0.2, 0) is 14.8 Å². The van der Waals surface area contributed by atoms with Crippen LogP contribution < -0.4 is 15.2 Å². The molecule has 0 radical (unpaired) electrons. The first-order valence-electron chi connectivity index (χ1n) is 6.73. The quantitative estimate of drug-likeness (QED) is 0.840. The van der Waals surface area contributed by atoms with Crippen LogP contribution >= 0.6 is 0 Å². The van der Waals surface area contributed by atoms with Crippen molar-refractivity contribution in [2.45, 2.75) is 39.0 Å². The molecule has 0 fully saturated rings. The van der Waals surface area contributed by atoms with Crippen LogP contribution in [0, 0.1) is 5.41 Å². The summed E-state index contributed by atoms with van der Waals surface area (Å²) in [6.45, 7) is 7.60. The molecule has 0 aromatic heterocycles. The SMILES string of the molecule is CCOc1ccc(NC(=O)C(C)(C)CC)cc1S(N)(=O)=O. The maximum atomic E-state index is 12.1. The van der Waals surface area contributed by atoms with Gasteiger partial charge in [0.25, 0.3) is 0 Å². The van der Waals surface area contributed by atoms with Crippen LogP contribution in [0.5, 0.6) is 5.75 Å². The van der Waals surface area contributed by atoms with Gasteiger partial charge in [0.2, 0.25) is 15.9 Å². The van der Waals surface area contributed by atoms with Gasteiger partial charge in [0.05, 0.1) is 6.61 Å². The van der Waals surface area contributed by atoms with Gasteiger partial charge < -0.3 is 10.1 Å². The summed E-state index contributed by atoms with van der Waals surface area (Å²) in [6.07, 6.45) is 0.665. The van der Waals surface area contributed by atoms with Crippen LogP contribution in [0.3, 0.4) is 0 Å². The standard InChI is InChI=1S/C14H22N2O4S/c1-5-14(3,4)13(17)16-10-7-8-11(20-6-2)12(9-10)21(15,18)19/h7-9H,5-6H2,1-4H3,(H,16,17)(H2,15,18,19). The molecule has 1 aromatic rings. The van der Waals surface area contributed by atoms with E-state index < -0.39 is 15.4 Å². The van der Waals surface area contributed by atoms with Gasteiger partial charge in [0.15, 0.2) is 0 Å². The molecule has 0 saturated heterocycles. The lowest BCUT2D eigenvalue weighted by molar-refractivity contribution is -0.124. The second-order valence-corrected chi connectivity index (χ2v) is 6.86. The van der Waals surface area contributed by atoms with Crippen molar-refractivity contribution in [3.8, 4) is 5.75 Å². The molecule has 21 heavy (non-hydrogen) atoms. The van der Waals surface area contributed by atoms with E-state index in [1.807, 2.05) is 20.8 Å². The molecular formula is C14H22N2O4S. The topological polar surface area (TPSA) is 98.5 Å². The van der Waals surface area contributed by atoms with Crippen molar-refractivity contribution in [3.05, 3.63) is 18.2 Å². The number of benzene rings is 1. The van der Waals surface area contributed by atoms with Crippen LogP contribution in [-0.4, -0.2) is 20.9 Å². The summed E-state index contributed by atoms with van der Waals surface area (Å²) in [5.41, 5.74) is -0.172. The van der Waals surface area contributed by atoms with Crippen LogP contribution in [0.15, 0.2) is 23.1 Å². The van der Waals surface area contributed by atoms with Crippen LogP contribution in [0.2, 0.25) is 0 Å². The molecule has 1 rings (SSSR count). The Hall–Kier alpha value is -1.60. The van der Waals surface area contributed by atoms with E-state index in [1.54, 1.807) is 13.0 Å². The molecule has 0 saturated carbocycles. The van der Waals surface area contributed by atoms with Crippen molar-refractivity contribution in [1.29, 1.82) is 0 Å². The first kappa shape index (κ1) is 17.5. The Balaban J connectivity index is 3.15. The van der Waals surface area contributed by atoms with Crippen molar-refractivity contribution >= 4 is 21.6 Å². The molecule has 0 unspecified atom stereocenters. The predicted molar refractivity (Wildman–Crippen MR) is 81.7 cm³/mol. The van der Waals surface area contributed by atoms with Crippen molar-refractivity contribution in [2.24, 2.45) is 10.6 Å². The van der Waals surface area contributed by atoms with Gasteiger partial charge in [-0.2, -0.15) is 0 Å². The molecule has 6 nitrogen and oxygen atoms in total. The molecule has 0 spiro atoms. The highest BCUT2D eigenvalue weighted by Crippen LogP contribution is 2.28. The highest BCUT2D eigenvalue weighted by Gasteiger charge is 2.26. The number of hydrogen-bond donors (Lipinski definition) is 2. The number of carbonyl (C=O) groups excluding carboxylic acids is 1. The molecule has 0 aliphatic heterocycles. The number of nitrogens with one attached hydrogen (secondary N) is 1. The molecule has 0 atom stereocenters. The van der Waals surface area contributed by atoms with Crippen LogP contribution in [0.4, 0.5) is 5.69 Å². The van der Waals surface area contributed by atoms with Crippen molar-refractivity contribution in [2.75, 3.05) is 11.9 Å². The molecule has 0 bridgehead atoms. The van der Waals surface area contributed by atoms with E-state index in [4.69, 9.17) is 9.88 Å². The van der Waals surface area contributed by atoms with Gasteiger partial charge in [0.1, 0.15) is 10.6 Å². The fraction of sp³-hybridized carbons (Fsp3) is 0.500. The first-order chi connectivity index (χ1) is 9.61. The van der Waals surface area contributed by atoms with Gasteiger partial charge in [0, 0.05) is 11.1 Å². The molecule has 0 heterocycles. The highest BCUT2D eigenvalue weighted by molar-refractivity contribution is 7.89. The summed E-state index contributed by atoms with van der Waals surface area (Å²) in [5.74, 6) is -0.0118. The van der Waals surface area contributed by atoms with Gasteiger partial charge >= 0.3 is 0 Å². The number of sulfonamides is 1. The molecule has 3 N–H and O–H groups in total. The van der Waals surface area contributed by atoms with Crippen molar-refractivity contribution in [3.63, 3.8) is 0 Å². The third kappa shape index (κ3) is 4.44. The number of anilines is 1. The summed E-state index contributed by atoms with van der Waals surface area (Å²) in [7, 11) is -3.93. The van der Waals surface area contributed by atoms with E-state index in [2.05, 4.69) is 5.32 Å². The first-order valence-corrected chi connectivity index (χ1v) is 8.27. The minimum absolute atomic E-state index is 0.142. The lowest BCUT2D eigenvalue weighted by Crippen LogP contribution is -2.30. The minimum atomic E-state index is -3.93. The number of hydrogen-bond acceptors (Lipinski definition) is 4. The monoisotopic (exact) mass is 314 g/mol. The van der Waals surface area contributed by atoms with E-state index in [-0.39, 0.29) is 16.6 Å². The highest BCUT2D eigenvalue weighted by atomic mass is 32.2. The Labute approximate surface area is 125 Å². The molecule has 0 aliphatic carbocycles. The summed E-state index contributed by atoms with van der Waals surface area (Å²) in [5, 5.41) is 7.88. The van der Waals surface area contributed by atoms with Gasteiger partial charge in [-0.3, -0.25) is 4.79 Å². The average Bonchev–Trinajstić information content (AvgIpc) is 2.39. The van der Waals surface area contributed by atoms with Crippen LogP contribution in [0.25, 0.3) is 0 Å². The zero-order valence-corrected chi connectivity index (χ0v) is 13.6. The van der Waals surface area contributed by atoms with Gasteiger partial charge in [-0.05, 0) is 31.5 Å². The van der Waals surface area contributed by atoms with Gasteiger partial charge in [-0.25, -0.2) is 13.6 Å².